The smallest absolute Gasteiger partial charge is 0.240 e. The predicted molar refractivity (Wildman–Crippen MR) is 71.8 cm³/mol. The molecule has 5 nitrogen and oxygen atoms in total. The Morgan fingerprint density at radius 3 is 2.58 bits per heavy atom. The highest BCUT2D eigenvalue weighted by Gasteiger charge is 2.26. The molecule has 1 aromatic rings. The molecule has 1 aliphatic rings. The van der Waals surface area contributed by atoms with Crippen LogP contribution in [0.2, 0.25) is 0 Å². The molecule has 106 valence electrons. The van der Waals surface area contributed by atoms with Crippen LogP contribution in [0.3, 0.4) is 0 Å². The minimum absolute atomic E-state index is 0.0342. The molecule has 0 amide bonds. The highest BCUT2D eigenvalue weighted by Crippen LogP contribution is 2.19. The first-order valence-electron chi connectivity index (χ1n) is 6.31. The summed E-state index contributed by atoms with van der Waals surface area (Å²) in [5.41, 5.74) is 0. The number of benzene rings is 1. The van der Waals surface area contributed by atoms with Gasteiger partial charge >= 0.3 is 0 Å². The average molecular weight is 285 g/mol. The molecule has 0 spiro atoms. The Kier molecular flexibility index (Phi) is 4.44. The van der Waals surface area contributed by atoms with E-state index in [0.29, 0.717) is 12.4 Å². The van der Waals surface area contributed by atoms with Crippen molar-refractivity contribution in [3.05, 3.63) is 24.3 Å². The number of sulfonamides is 1. The van der Waals surface area contributed by atoms with E-state index >= 15 is 0 Å². The molecule has 19 heavy (non-hydrogen) atoms. The maximum absolute atomic E-state index is 12.2. The molecule has 1 heterocycles. The summed E-state index contributed by atoms with van der Waals surface area (Å²) in [5, 5.41) is 0. The van der Waals surface area contributed by atoms with Gasteiger partial charge in [-0.25, -0.2) is 13.1 Å². The first kappa shape index (κ1) is 14.3. The summed E-state index contributed by atoms with van der Waals surface area (Å²) in [4.78, 5) is 0.234. The van der Waals surface area contributed by atoms with Crippen molar-refractivity contribution in [1.29, 1.82) is 0 Å². The lowest BCUT2D eigenvalue weighted by Gasteiger charge is -2.20. The fourth-order valence-corrected chi connectivity index (χ4v) is 3.41. The van der Waals surface area contributed by atoms with Crippen LogP contribution in [0.25, 0.3) is 0 Å². The molecule has 6 heteroatoms. The van der Waals surface area contributed by atoms with Crippen LogP contribution >= 0.6 is 0 Å². The van der Waals surface area contributed by atoms with E-state index in [0.717, 1.165) is 12.8 Å². The molecular weight excluding hydrogens is 266 g/mol. The largest absolute Gasteiger partial charge is 0.497 e. The first-order valence-corrected chi connectivity index (χ1v) is 7.79. The second-order valence-electron chi connectivity index (χ2n) is 4.64. The van der Waals surface area contributed by atoms with Crippen LogP contribution in [0.5, 0.6) is 5.75 Å². The van der Waals surface area contributed by atoms with Crippen molar-refractivity contribution in [3.63, 3.8) is 0 Å². The molecule has 1 saturated heterocycles. The van der Waals surface area contributed by atoms with Gasteiger partial charge in [0, 0.05) is 12.6 Å². The van der Waals surface area contributed by atoms with Gasteiger partial charge in [-0.2, -0.15) is 0 Å². The van der Waals surface area contributed by atoms with Crippen LogP contribution in [0, 0.1) is 0 Å². The SMILES string of the molecule is COc1ccc(S(=O)(=O)N[C@@H](C)[C@H]2CCCO2)cc1. The number of hydrogen-bond acceptors (Lipinski definition) is 4. The summed E-state index contributed by atoms with van der Waals surface area (Å²) in [7, 11) is -1.96. The molecule has 2 rings (SSSR count). The van der Waals surface area contributed by atoms with Gasteiger partial charge < -0.3 is 9.47 Å². The molecule has 0 radical (unpaired) electrons. The lowest BCUT2D eigenvalue weighted by molar-refractivity contribution is 0.0902. The number of methoxy groups -OCH3 is 1. The Morgan fingerprint density at radius 2 is 2.05 bits per heavy atom. The summed E-state index contributed by atoms with van der Waals surface area (Å²) in [6, 6.07) is 6.10. The Hall–Kier alpha value is -1.11. The van der Waals surface area contributed by atoms with Crippen molar-refractivity contribution in [2.75, 3.05) is 13.7 Å². The lowest BCUT2D eigenvalue weighted by atomic mass is 10.1. The van der Waals surface area contributed by atoms with Gasteiger partial charge in [0.05, 0.1) is 18.1 Å². The van der Waals surface area contributed by atoms with E-state index < -0.39 is 10.0 Å². The lowest BCUT2D eigenvalue weighted by Crippen LogP contribution is -2.40. The monoisotopic (exact) mass is 285 g/mol. The Morgan fingerprint density at radius 1 is 1.37 bits per heavy atom. The molecule has 1 N–H and O–H groups in total. The van der Waals surface area contributed by atoms with Gasteiger partial charge in [-0.15, -0.1) is 0 Å². The number of rotatable bonds is 5. The summed E-state index contributed by atoms with van der Waals surface area (Å²) < 4.78 is 37.5. The van der Waals surface area contributed by atoms with Crippen LogP contribution < -0.4 is 9.46 Å². The van der Waals surface area contributed by atoms with Gasteiger partial charge in [-0.3, -0.25) is 0 Å². The van der Waals surface area contributed by atoms with E-state index in [-0.39, 0.29) is 17.0 Å². The van der Waals surface area contributed by atoms with Gasteiger partial charge in [0.2, 0.25) is 10.0 Å². The summed E-state index contributed by atoms with van der Waals surface area (Å²) >= 11 is 0. The number of nitrogens with one attached hydrogen (secondary N) is 1. The molecule has 1 aliphatic heterocycles. The molecule has 1 aromatic carbocycles. The summed E-state index contributed by atoms with van der Waals surface area (Å²) in [6.45, 7) is 2.54. The van der Waals surface area contributed by atoms with Gasteiger partial charge in [-0.1, -0.05) is 0 Å². The van der Waals surface area contributed by atoms with Crippen molar-refractivity contribution in [3.8, 4) is 5.75 Å². The average Bonchev–Trinajstić information content (AvgIpc) is 2.92. The Bertz CT molecular complexity index is 506. The zero-order chi connectivity index (χ0) is 13.9. The van der Waals surface area contributed by atoms with Crippen molar-refractivity contribution >= 4 is 10.0 Å². The topological polar surface area (TPSA) is 64.6 Å². The van der Waals surface area contributed by atoms with E-state index in [2.05, 4.69) is 4.72 Å². The maximum atomic E-state index is 12.2. The molecule has 0 saturated carbocycles. The van der Waals surface area contributed by atoms with Crippen LogP contribution in [0.4, 0.5) is 0 Å². The van der Waals surface area contributed by atoms with Crippen molar-refractivity contribution in [2.24, 2.45) is 0 Å². The molecule has 0 aromatic heterocycles. The van der Waals surface area contributed by atoms with Crippen molar-refractivity contribution in [2.45, 2.75) is 36.8 Å². The normalized spacial score (nSPS) is 21.3. The minimum atomic E-state index is -3.51. The molecule has 0 aliphatic carbocycles. The molecular formula is C13H19NO4S. The van der Waals surface area contributed by atoms with Crippen LogP contribution in [0.15, 0.2) is 29.2 Å². The van der Waals surface area contributed by atoms with E-state index in [1.165, 1.54) is 12.1 Å². The zero-order valence-electron chi connectivity index (χ0n) is 11.1. The maximum Gasteiger partial charge on any atom is 0.240 e. The molecule has 0 unspecified atom stereocenters. The van der Waals surface area contributed by atoms with Gasteiger partial charge in [-0.05, 0) is 44.0 Å². The van der Waals surface area contributed by atoms with Gasteiger partial charge in [0.1, 0.15) is 5.75 Å². The van der Waals surface area contributed by atoms with E-state index in [4.69, 9.17) is 9.47 Å². The fourth-order valence-electron chi connectivity index (χ4n) is 2.14. The highest BCUT2D eigenvalue weighted by atomic mass is 32.2. The van der Waals surface area contributed by atoms with Crippen molar-refractivity contribution in [1.82, 2.24) is 4.72 Å². The fraction of sp³-hybridized carbons (Fsp3) is 0.538. The molecule has 1 fully saturated rings. The van der Waals surface area contributed by atoms with E-state index in [9.17, 15) is 8.42 Å². The zero-order valence-corrected chi connectivity index (χ0v) is 11.9. The second-order valence-corrected chi connectivity index (χ2v) is 6.35. The second kappa shape index (κ2) is 5.90. The van der Waals surface area contributed by atoms with Crippen LogP contribution in [-0.2, 0) is 14.8 Å². The standard InChI is InChI=1S/C13H19NO4S/c1-10(13-4-3-9-18-13)14-19(15,16)12-7-5-11(17-2)6-8-12/h5-8,10,13-14H,3-4,9H2,1-2H3/t10-,13+/m0/s1. The number of ether oxygens (including phenoxy) is 2. The summed E-state index contributed by atoms with van der Waals surface area (Å²) in [5.74, 6) is 0.631. The number of hydrogen-bond donors (Lipinski definition) is 1. The molecule has 0 bridgehead atoms. The van der Waals surface area contributed by atoms with Crippen LogP contribution in [0.1, 0.15) is 19.8 Å². The van der Waals surface area contributed by atoms with Gasteiger partial charge in [0.15, 0.2) is 0 Å². The predicted octanol–water partition coefficient (Wildman–Crippen LogP) is 1.54. The van der Waals surface area contributed by atoms with Crippen molar-refractivity contribution < 1.29 is 17.9 Å². The van der Waals surface area contributed by atoms with E-state index in [1.807, 2.05) is 6.92 Å². The Balaban J connectivity index is 2.08. The Labute approximate surface area is 114 Å². The van der Waals surface area contributed by atoms with E-state index in [1.54, 1.807) is 19.2 Å². The third-order valence-electron chi connectivity index (χ3n) is 3.23. The minimum Gasteiger partial charge on any atom is -0.497 e. The highest BCUT2D eigenvalue weighted by molar-refractivity contribution is 7.89. The summed E-state index contributed by atoms with van der Waals surface area (Å²) in [6.07, 6.45) is 1.85. The van der Waals surface area contributed by atoms with Crippen LogP contribution in [-0.4, -0.2) is 34.3 Å². The first-order chi connectivity index (χ1) is 9.03. The quantitative estimate of drug-likeness (QED) is 0.891. The third kappa shape index (κ3) is 3.46. The molecule has 2 atom stereocenters. The van der Waals surface area contributed by atoms with Gasteiger partial charge in [0.25, 0.3) is 0 Å². The third-order valence-corrected chi connectivity index (χ3v) is 4.81.